The lowest BCUT2D eigenvalue weighted by molar-refractivity contribution is 0.0289. The molecule has 0 radical (unpaired) electrons. The smallest absolute Gasteiger partial charge is 0.115 e. The van der Waals surface area contributed by atoms with Crippen molar-refractivity contribution < 1.29 is 4.74 Å². The highest BCUT2D eigenvalue weighted by molar-refractivity contribution is 5.80. The van der Waals surface area contributed by atoms with Crippen LogP contribution in [-0.4, -0.2) is 22.8 Å². The first-order chi connectivity index (χ1) is 9.81. The Balaban J connectivity index is 2.27. The molecule has 3 rings (SSSR count). The van der Waals surface area contributed by atoms with Crippen molar-refractivity contribution in [1.29, 1.82) is 0 Å². The van der Waals surface area contributed by atoms with Gasteiger partial charge in [0.2, 0.25) is 0 Å². The molecule has 21 heavy (non-hydrogen) atoms. The molecule has 4 nitrogen and oxygen atoms in total. The third-order valence-electron chi connectivity index (χ3n) is 4.46. The number of rotatable bonds is 1. The fourth-order valence-electron chi connectivity index (χ4n) is 3.18. The standard InChI is InChI=1S/C17H25N3O/c1-16(2,3)15-19-13-11-12(18)5-6-14(13)20(15)17(4)7-9-21-10-8-17/h5-6,11H,7-10,18H2,1-4H3. The van der Waals surface area contributed by atoms with Gasteiger partial charge in [0.05, 0.1) is 11.0 Å². The molecule has 0 saturated carbocycles. The van der Waals surface area contributed by atoms with Gasteiger partial charge in [-0.25, -0.2) is 4.98 Å². The van der Waals surface area contributed by atoms with Gasteiger partial charge in [0, 0.05) is 29.9 Å². The molecule has 0 aliphatic carbocycles. The molecule has 4 heteroatoms. The summed E-state index contributed by atoms with van der Waals surface area (Å²) in [4.78, 5) is 4.91. The zero-order valence-corrected chi connectivity index (χ0v) is 13.4. The fourth-order valence-corrected chi connectivity index (χ4v) is 3.18. The Morgan fingerprint density at radius 2 is 1.90 bits per heavy atom. The molecule has 1 aromatic carbocycles. The summed E-state index contributed by atoms with van der Waals surface area (Å²) in [6.45, 7) is 10.6. The van der Waals surface area contributed by atoms with Crippen molar-refractivity contribution in [3.05, 3.63) is 24.0 Å². The summed E-state index contributed by atoms with van der Waals surface area (Å²) in [5, 5.41) is 0. The minimum Gasteiger partial charge on any atom is -0.399 e. The van der Waals surface area contributed by atoms with Gasteiger partial charge < -0.3 is 15.0 Å². The van der Waals surface area contributed by atoms with Gasteiger partial charge in [0.25, 0.3) is 0 Å². The number of imidazole rings is 1. The van der Waals surface area contributed by atoms with Crippen molar-refractivity contribution in [3.63, 3.8) is 0 Å². The number of benzene rings is 1. The van der Waals surface area contributed by atoms with Crippen molar-refractivity contribution in [2.75, 3.05) is 18.9 Å². The molecule has 1 fully saturated rings. The van der Waals surface area contributed by atoms with Crippen LogP contribution >= 0.6 is 0 Å². The van der Waals surface area contributed by atoms with E-state index in [1.165, 1.54) is 5.52 Å². The van der Waals surface area contributed by atoms with E-state index in [9.17, 15) is 0 Å². The summed E-state index contributed by atoms with van der Waals surface area (Å²) in [5.74, 6) is 1.13. The molecule has 1 aromatic heterocycles. The zero-order chi connectivity index (χ0) is 15.3. The lowest BCUT2D eigenvalue weighted by Crippen LogP contribution is -2.39. The van der Waals surface area contributed by atoms with E-state index >= 15 is 0 Å². The summed E-state index contributed by atoms with van der Waals surface area (Å²) in [6.07, 6.45) is 2.04. The van der Waals surface area contributed by atoms with Crippen molar-refractivity contribution >= 4 is 16.7 Å². The van der Waals surface area contributed by atoms with E-state index in [4.69, 9.17) is 15.5 Å². The Bertz CT molecular complexity index is 660. The van der Waals surface area contributed by atoms with Gasteiger partial charge in [-0.1, -0.05) is 20.8 Å². The number of anilines is 1. The molecule has 1 aliphatic rings. The van der Waals surface area contributed by atoms with Crippen LogP contribution in [0, 0.1) is 0 Å². The largest absolute Gasteiger partial charge is 0.399 e. The maximum absolute atomic E-state index is 5.93. The summed E-state index contributed by atoms with van der Waals surface area (Å²) < 4.78 is 8.00. The van der Waals surface area contributed by atoms with Crippen LogP contribution < -0.4 is 5.73 Å². The third-order valence-corrected chi connectivity index (χ3v) is 4.46. The summed E-state index contributed by atoms with van der Waals surface area (Å²) in [6, 6.07) is 6.05. The second kappa shape index (κ2) is 4.73. The van der Waals surface area contributed by atoms with Gasteiger partial charge in [0.15, 0.2) is 0 Å². The molecule has 2 aromatic rings. The van der Waals surface area contributed by atoms with E-state index < -0.39 is 0 Å². The van der Waals surface area contributed by atoms with Crippen molar-refractivity contribution in [1.82, 2.24) is 9.55 Å². The van der Waals surface area contributed by atoms with Crippen LogP contribution in [0.15, 0.2) is 18.2 Å². The number of nitrogens with zero attached hydrogens (tertiary/aromatic N) is 2. The molecule has 114 valence electrons. The number of nitrogen functional groups attached to an aromatic ring is 1. The second-order valence-electron chi connectivity index (χ2n) is 7.38. The van der Waals surface area contributed by atoms with Crippen LogP contribution in [0.2, 0.25) is 0 Å². The van der Waals surface area contributed by atoms with Gasteiger partial charge in [-0.3, -0.25) is 0 Å². The molecule has 2 N–H and O–H groups in total. The second-order valence-corrected chi connectivity index (χ2v) is 7.38. The Kier molecular flexibility index (Phi) is 3.24. The summed E-state index contributed by atoms with van der Waals surface area (Å²) >= 11 is 0. The highest BCUT2D eigenvalue weighted by Gasteiger charge is 2.35. The number of ether oxygens (including phenoxy) is 1. The van der Waals surface area contributed by atoms with Crippen molar-refractivity contribution in [2.45, 2.75) is 51.5 Å². The Morgan fingerprint density at radius 1 is 1.24 bits per heavy atom. The number of hydrogen-bond acceptors (Lipinski definition) is 3. The van der Waals surface area contributed by atoms with Gasteiger partial charge in [0.1, 0.15) is 5.82 Å². The van der Waals surface area contributed by atoms with Crippen molar-refractivity contribution in [2.24, 2.45) is 0 Å². The van der Waals surface area contributed by atoms with Gasteiger partial charge in [-0.15, -0.1) is 0 Å². The minimum atomic E-state index is -0.00486. The number of aromatic nitrogens is 2. The molecule has 2 heterocycles. The van der Waals surface area contributed by atoms with Crippen LogP contribution in [0.3, 0.4) is 0 Å². The number of hydrogen-bond donors (Lipinski definition) is 1. The normalized spacial score (nSPS) is 19.0. The molecular weight excluding hydrogens is 262 g/mol. The van der Waals surface area contributed by atoms with E-state index in [0.29, 0.717) is 0 Å². The number of nitrogens with two attached hydrogens (primary N) is 1. The van der Waals surface area contributed by atoms with Crippen molar-refractivity contribution in [3.8, 4) is 0 Å². The molecule has 0 spiro atoms. The maximum Gasteiger partial charge on any atom is 0.115 e. The summed E-state index contributed by atoms with van der Waals surface area (Å²) in [5.41, 5.74) is 8.93. The molecule has 0 amide bonds. The zero-order valence-electron chi connectivity index (χ0n) is 13.4. The van der Waals surface area contributed by atoms with E-state index in [0.717, 1.165) is 43.1 Å². The van der Waals surface area contributed by atoms with E-state index in [-0.39, 0.29) is 11.0 Å². The quantitative estimate of drug-likeness (QED) is 0.817. The Labute approximate surface area is 126 Å². The average Bonchev–Trinajstić information content (AvgIpc) is 2.78. The molecule has 0 bridgehead atoms. The summed E-state index contributed by atoms with van der Waals surface area (Å²) in [7, 11) is 0. The van der Waals surface area contributed by atoms with E-state index in [2.05, 4.69) is 38.3 Å². The molecular formula is C17H25N3O. The average molecular weight is 287 g/mol. The fraction of sp³-hybridized carbons (Fsp3) is 0.588. The van der Waals surface area contributed by atoms with E-state index in [1.807, 2.05) is 12.1 Å². The first-order valence-corrected chi connectivity index (χ1v) is 7.68. The highest BCUT2D eigenvalue weighted by Crippen LogP contribution is 2.37. The Morgan fingerprint density at radius 3 is 2.52 bits per heavy atom. The monoisotopic (exact) mass is 287 g/mol. The van der Waals surface area contributed by atoms with Gasteiger partial charge >= 0.3 is 0 Å². The van der Waals surface area contributed by atoms with Crippen LogP contribution in [0.5, 0.6) is 0 Å². The maximum atomic E-state index is 5.93. The first-order valence-electron chi connectivity index (χ1n) is 7.68. The van der Waals surface area contributed by atoms with Crippen LogP contribution in [-0.2, 0) is 15.7 Å². The first kappa shape index (κ1) is 14.4. The molecule has 1 saturated heterocycles. The predicted molar refractivity (Wildman–Crippen MR) is 86.5 cm³/mol. The number of fused-ring (bicyclic) bond motifs is 1. The van der Waals surface area contributed by atoms with E-state index in [1.54, 1.807) is 0 Å². The minimum absolute atomic E-state index is 0.00486. The van der Waals surface area contributed by atoms with Gasteiger partial charge in [-0.2, -0.15) is 0 Å². The SMILES string of the molecule is CC(C)(C)c1nc2cc(N)ccc2n1C1(C)CCOCC1. The molecule has 0 atom stereocenters. The lowest BCUT2D eigenvalue weighted by atomic mass is 9.88. The van der Waals surface area contributed by atoms with Crippen LogP contribution in [0.4, 0.5) is 5.69 Å². The topological polar surface area (TPSA) is 53.1 Å². The highest BCUT2D eigenvalue weighted by atomic mass is 16.5. The molecule has 1 aliphatic heterocycles. The molecule has 0 unspecified atom stereocenters. The van der Waals surface area contributed by atoms with Crippen LogP contribution in [0.1, 0.15) is 46.4 Å². The van der Waals surface area contributed by atoms with Crippen LogP contribution in [0.25, 0.3) is 11.0 Å². The lowest BCUT2D eigenvalue weighted by Gasteiger charge is -2.38. The Hall–Kier alpha value is -1.55. The predicted octanol–water partition coefficient (Wildman–Crippen LogP) is 3.44. The van der Waals surface area contributed by atoms with Gasteiger partial charge in [-0.05, 0) is 38.0 Å². The third kappa shape index (κ3) is 2.42.